The van der Waals surface area contributed by atoms with Crippen LogP contribution in [-0.4, -0.2) is 50.2 Å². The zero-order chi connectivity index (χ0) is 12.0. The lowest BCUT2D eigenvalue weighted by Crippen LogP contribution is -2.40. The largest absolute Gasteiger partial charge is 0.368 e. The molecule has 4 nitrogen and oxygen atoms in total. The number of hydrogen-bond donors (Lipinski definition) is 1. The molecule has 1 saturated carbocycles. The number of rotatable bonds is 7. The van der Waals surface area contributed by atoms with E-state index < -0.39 is 0 Å². The Hall–Kier alpha value is -0.610. The summed E-state index contributed by atoms with van der Waals surface area (Å²) < 4.78 is 5.58. The second kappa shape index (κ2) is 6.86. The highest BCUT2D eigenvalue weighted by molar-refractivity contribution is 5.77. The number of likely N-dealkylation sites (N-methyl/N-ethyl adjacent to an activating group) is 1. The summed E-state index contributed by atoms with van der Waals surface area (Å²) >= 11 is 0. The second-order valence-electron chi connectivity index (χ2n) is 4.39. The van der Waals surface area contributed by atoms with Crippen LogP contribution in [0.25, 0.3) is 0 Å². The van der Waals surface area contributed by atoms with Gasteiger partial charge < -0.3 is 15.0 Å². The van der Waals surface area contributed by atoms with Crippen molar-refractivity contribution in [3.05, 3.63) is 0 Å². The number of amides is 1. The topological polar surface area (TPSA) is 41.6 Å². The monoisotopic (exact) mass is 228 g/mol. The molecule has 0 radical (unpaired) electrons. The van der Waals surface area contributed by atoms with Gasteiger partial charge in [0, 0.05) is 13.1 Å². The van der Waals surface area contributed by atoms with Crippen molar-refractivity contribution < 1.29 is 9.53 Å². The van der Waals surface area contributed by atoms with E-state index in [1.54, 1.807) is 0 Å². The van der Waals surface area contributed by atoms with E-state index in [1.807, 2.05) is 25.8 Å². The van der Waals surface area contributed by atoms with E-state index in [4.69, 9.17) is 4.74 Å². The van der Waals surface area contributed by atoms with Crippen LogP contribution < -0.4 is 5.32 Å². The zero-order valence-corrected chi connectivity index (χ0v) is 10.7. The molecule has 0 aliphatic heterocycles. The van der Waals surface area contributed by atoms with Gasteiger partial charge in [-0.05, 0) is 46.2 Å². The molecule has 0 spiro atoms. The Kier molecular flexibility index (Phi) is 5.77. The van der Waals surface area contributed by atoms with Gasteiger partial charge in [-0.2, -0.15) is 0 Å². The minimum atomic E-state index is 0.113. The van der Waals surface area contributed by atoms with E-state index in [-0.39, 0.29) is 12.5 Å². The SMILES string of the molecule is CCN(CC)C(=O)COC1CC(CNC)C1. The van der Waals surface area contributed by atoms with E-state index in [0.717, 1.165) is 38.4 Å². The van der Waals surface area contributed by atoms with Crippen LogP contribution in [0.3, 0.4) is 0 Å². The summed E-state index contributed by atoms with van der Waals surface area (Å²) in [6.07, 6.45) is 2.48. The number of nitrogens with zero attached hydrogens (tertiary/aromatic N) is 1. The highest BCUT2D eigenvalue weighted by Gasteiger charge is 2.29. The van der Waals surface area contributed by atoms with E-state index in [2.05, 4.69) is 5.32 Å². The summed E-state index contributed by atoms with van der Waals surface area (Å²) in [5.41, 5.74) is 0. The average Bonchev–Trinajstić information content (AvgIpc) is 2.23. The normalized spacial score (nSPS) is 23.9. The number of nitrogens with one attached hydrogen (secondary N) is 1. The summed E-state index contributed by atoms with van der Waals surface area (Å²) in [5, 5.41) is 3.16. The molecule has 0 atom stereocenters. The lowest BCUT2D eigenvalue weighted by Gasteiger charge is -2.35. The number of ether oxygens (including phenoxy) is 1. The zero-order valence-electron chi connectivity index (χ0n) is 10.7. The van der Waals surface area contributed by atoms with Gasteiger partial charge in [-0.1, -0.05) is 0 Å². The first-order chi connectivity index (χ1) is 7.71. The van der Waals surface area contributed by atoms with Crippen molar-refractivity contribution in [3.8, 4) is 0 Å². The minimum absolute atomic E-state index is 0.113. The molecule has 0 heterocycles. The molecule has 16 heavy (non-hydrogen) atoms. The standard InChI is InChI=1S/C12H24N2O2/c1-4-14(5-2)12(15)9-16-11-6-10(7-11)8-13-3/h10-11,13H,4-9H2,1-3H3. The Morgan fingerprint density at radius 3 is 2.50 bits per heavy atom. The molecular weight excluding hydrogens is 204 g/mol. The van der Waals surface area contributed by atoms with E-state index in [1.165, 1.54) is 0 Å². The van der Waals surface area contributed by atoms with Gasteiger partial charge in [0.25, 0.3) is 0 Å². The highest BCUT2D eigenvalue weighted by Crippen LogP contribution is 2.29. The molecule has 0 aromatic rings. The summed E-state index contributed by atoms with van der Waals surface area (Å²) in [7, 11) is 1.97. The third-order valence-electron chi connectivity index (χ3n) is 3.24. The molecule has 94 valence electrons. The maximum absolute atomic E-state index is 11.6. The van der Waals surface area contributed by atoms with Crippen molar-refractivity contribution >= 4 is 5.91 Å². The van der Waals surface area contributed by atoms with Crippen molar-refractivity contribution in [2.45, 2.75) is 32.8 Å². The van der Waals surface area contributed by atoms with E-state index in [0.29, 0.717) is 6.10 Å². The van der Waals surface area contributed by atoms with Crippen LogP contribution in [0.15, 0.2) is 0 Å². The van der Waals surface area contributed by atoms with Crippen LogP contribution in [0.2, 0.25) is 0 Å². The van der Waals surface area contributed by atoms with E-state index >= 15 is 0 Å². The Labute approximate surface area is 98.3 Å². The maximum Gasteiger partial charge on any atom is 0.248 e. The van der Waals surface area contributed by atoms with Crippen LogP contribution in [0.4, 0.5) is 0 Å². The predicted molar refractivity (Wildman–Crippen MR) is 64.3 cm³/mol. The number of carbonyl (C=O) groups excluding carboxylic acids is 1. The van der Waals surface area contributed by atoms with Crippen LogP contribution in [0.5, 0.6) is 0 Å². The fraction of sp³-hybridized carbons (Fsp3) is 0.917. The second-order valence-corrected chi connectivity index (χ2v) is 4.39. The van der Waals surface area contributed by atoms with Crippen molar-refractivity contribution in [3.63, 3.8) is 0 Å². The molecule has 1 fully saturated rings. The average molecular weight is 228 g/mol. The predicted octanol–water partition coefficient (Wildman–Crippen LogP) is 0.869. The summed E-state index contributed by atoms with van der Waals surface area (Å²) in [4.78, 5) is 13.5. The molecule has 4 heteroatoms. The summed E-state index contributed by atoms with van der Waals surface area (Å²) in [5.74, 6) is 0.848. The van der Waals surface area contributed by atoms with E-state index in [9.17, 15) is 4.79 Å². The van der Waals surface area contributed by atoms with Crippen LogP contribution in [0.1, 0.15) is 26.7 Å². The molecule has 0 unspecified atom stereocenters. The molecule has 1 aliphatic carbocycles. The molecule has 0 bridgehead atoms. The smallest absolute Gasteiger partial charge is 0.248 e. The van der Waals surface area contributed by atoms with Gasteiger partial charge in [0.05, 0.1) is 6.10 Å². The fourth-order valence-electron chi connectivity index (χ4n) is 2.12. The Bertz CT molecular complexity index is 211. The molecule has 0 saturated heterocycles. The molecule has 0 aromatic carbocycles. The lowest BCUT2D eigenvalue weighted by atomic mass is 9.82. The highest BCUT2D eigenvalue weighted by atomic mass is 16.5. The van der Waals surface area contributed by atoms with Gasteiger partial charge in [0.2, 0.25) is 5.91 Å². The van der Waals surface area contributed by atoms with Gasteiger partial charge in [0.15, 0.2) is 0 Å². The minimum Gasteiger partial charge on any atom is -0.368 e. The molecule has 1 N–H and O–H groups in total. The van der Waals surface area contributed by atoms with Crippen molar-refractivity contribution in [2.75, 3.05) is 33.3 Å². The number of carbonyl (C=O) groups is 1. The first-order valence-electron chi connectivity index (χ1n) is 6.25. The molecule has 0 aromatic heterocycles. The Morgan fingerprint density at radius 2 is 2.00 bits per heavy atom. The lowest BCUT2D eigenvalue weighted by molar-refractivity contribution is -0.141. The van der Waals surface area contributed by atoms with Gasteiger partial charge in [-0.15, -0.1) is 0 Å². The third kappa shape index (κ3) is 3.76. The summed E-state index contributed by atoms with van der Waals surface area (Å²) in [6.45, 7) is 6.83. The van der Waals surface area contributed by atoms with Crippen molar-refractivity contribution in [1.29, 1.82) is 0 Å². The molecule has 1 rings (SSSR count). The molecule has 1 aliphatic rings. The summed E-state index contributed by atoms with van der Waals surface area (Å²) in [6, 6.07) is 0. The van der Waals surface area contributed by atoms with Gasteiger partial charge in [-0.25, -0.2) is 0 Å². The van der Waals surface area contributed by atoms with Crippen molar-refractivity contribution in [2.24, 2.45) is 5.92 Å². The van der Waals surface area contributed by atoms with Gasteiger partial charge in [0.1, 0.15) is 6.61 Å². The fourth-order valence-corrected chi connectivity index (χ4v) is 2.12. The first-order valence-corrected chi connectivity index (χ1v) is 6.25. The Balaban J connectivity index is 2.10. The van der Waals surface area contributed by atoms with Crippen LogP contribution in [0, 0.1) is 5.92 Å². The Morgan fingerprint density at radius 1 is 1.38 bits per heavy atom. The van der Waals surface area contributed by atoms with Gasteiger partial charge >= 0.3 is 0 Å². The number of hydrogen-bond acceptors (Lipinski definition) is 3. The first kappa shape index (κ1) is 13.5. The quantitative estimate of drug-likeness (QED) is 0.703. The molecule has 1 amide bonds. The van der Waals surface area contributed by atoms with Crippen LogP contribution in [-0.2, 0) is 9.53 Å². The van der Waals surface area contributed by atoms with Crippen LogP contribution >= 0.6 is 0 Å². The van der Waals surface area contributed by atoms with Gasteiger partial charge in [-0.3, -0.25) is 4.79 Å². The van der Waals surface area contributed by atoms with Crippen molar-refractivity contribution in [1.82, 2.24) is 10.2 Å². The maximum atomic E-state index is 11.6. The third-order valence-corrected chi connectivity index (χ3v) is 3.24. The molecular formula is C12H24N2O2.